The summed E-state index contributed by atoms with van der Waals surface area (Å²) in [5, 5.41) is 0. The third kappa shape index (κ3) is 22.2. The number of rotatable bonds is 23. The average molecular weight is 380 g/mol. The van der Waals surface area contributed by atoms with Gasteiger partial charge in [0, 0.05) is 0 Å². The molecule has 0 amide bonds. The molecule has 0 aromatic rings. The summed E-state index contributed by atoms with van der Waals surface area (Å²) in [5.74, 6) is 1.01. The first-order valence-electron chi connectivity index (χ1n) is 13.1. The van der Waals surface area contributed by atoms with Gasteiger partial charge in [0.05, 0.1) is 0 Å². The molecule has 1 radical (unpaired) electrons. The van der Waals surface area contributed by atoms with Crippen LogP contribution in [0.5, 0.6) is 0 Å². The van der Waals surface area contributed by atoms with Gasteiger partial charge in [-0.05, 0) is 5.92 Å². The van der Waals surface area contributed by atoms with Gasteiger partial charge in [0.25, 0.3) is 0 Å². The maximum atomic E-state index is 4.00. The highest BCUT2D eigenvalue weighted by Gasteiger charge is 2.08. The monoisotopic (exact) mass is 379 g/mol. The Labute approximate surface area is 174 Å². The van der Waals surface area contributed by atoms with Crippen molar-refractivity contribution in [2.45, 2.75) is 162 Å². The maximum Gasteiger partial charge on any atom is -0.0414 e. The largest absolute Gasteiger partial charge is 0.0654 e. The van der Waals surface area contributed by atoms with Gasteiger partial charge in [-0.15, -0.1) is 0 Å². The topological polar surface area (TPSA) is 0 Å². The molecule has 163 valence electrons. The molecule has 0 heteroatoms. The second-order valence-electron chi connectivity index (χ2n) is 9.10. The van der Waals surface area contributed by atoms with Gasteiger partial charge in [0.15, 0.2) is 0 Å². The smallest absolute Gasteiger partial charge is 0.0414 e. The van der Waals surface area contributed by atoms with E-state index in [4.69, 9.17) is 0 Å². The van der Waals surface area contributed by atoms with Crippen molar-refractivity contribution in [1.82, 2.24) is 0 Å². The standard InChI is InChI=1S/C27H55/c1-4-7-10-11-12-13-14-15-16-17-18-19-20-23-26-27(24-21-8-5-2)25-22-9-6-3/h27H,2,4-26H2,1,3H3. The van der Waals surface area contributed by atoms with E-state index in [1.54, 1.807) is 0 Å². The van der Waals surface area contributed by atoms with E-state index in [2.05, 4.69) is 20.8 Å². The van der Waals surface area contributed by atoms with E-state index in [0.717, 1.165) is 12.3 Å². The number of hydrogen-bond acceptors (Lipinski definition) is 0. The van der Waals surface area contributed by atoms with Gasteiger partial charge in [-0.3, -0.25) is 0 Å². The van der Waals surface area contributed by atoms with Gasteiger partial charge >= 0.3 is 0 Å². The Balaban J connectivity index is 3.39. The van der Waals surface area contributed by atoms with Crippen LogP contribution in [-0.4, -0.2) is 0 Å². The lowest BCUT2D eigenvalue weighted by atomic mass is 9.90. The molecule has 0 aromatic heterocycles. The van der Waals surface area contributed by atoms with E-state index in [1.807, 2.05) is 0 Å². The van der Waals surface area contributed by atoms with Crippen LogP contribution < -0.4 is 0 Å². The molecule has 0 heterocycles. The number of unbranched alkanes of at least 4 members (excludes halogenated alkanes) is 17. The van der Waals surface area contributed by atoms with Crippen LogP contribution in [0, 0.1) is 12.8 Å². The Bertz CT molecular complexity index is 234. The van der Waals surface area contributed by atoms with Crippen molar-refractivity contribution in [2.24, 2.45) is 5.92 Å². The molecule has 0 aliphatic rings. The minimum atomic E-state index is 1.01. The SMILES string of the molecule is [CH2]CCCCC(CCCCC)CCCCCCCCCCCCCCCC. The van der Waals surface area contributed by atoms with Crippen molar-refractivity contribution in [3.8, 4) is 0 Å². The molecule has 0 aromatic carbocycles. The lowest BCUT2D eigenvalue weighted by Gasteiger charge is -2.16. The predicted octanol–water partition coefficient (Wildman–Crippen LogP) is 10.4. The molecular formula is C27H55. The third-order valence-electron chi connectivity index (χ3n) is 6.29. The van der Waals surface area contributed by atoms with Crippen LogP contribution in [0.1, 0.15) is 162 Å². The normalized spacial score (nSPS) is 11.6. The quantitative estimate of drug-likeness (QED) is 0.155. The molecule has 0 aliphatic carbocycles. The van der Waals surface area contributed by atoms with Gasteiger partial charge in [-0.25, -0.2) is 0 Å². The van der Waals surface area contributed by atoms with E-state index in [0.29, 0.717) is 0 Å². The zero-order chi connectivity index (χ0) is 19.8. The highest BCUT2D eigenvalue weighted by Crippen LogP contribution is 2.24. The van der Waals surface area contributed by atoms with Crippen LogP contribution >= 0.6 is 0 Å². The fourth-order valence-corrected chi connectivity index (χ4v) is 4.35. The average Bonchev–Trinajstić information content (AvgIpc) is 2.68. The summed E-state index contributed by atoms with van der Waals surface area (Å²) in [7, 11) is 0. The minimum absolute atomic E-state index is 1.01. The van der Waals surface area contributed by atoms with E-state index >= 15 is 0 Å². The summed E-state index contributed by atoms with van der Waals surface area (Å²) < 4.78 is 0. The van der Waals surface area contributed by atoms with Crippen LogP contribution in [0.3, 0.4) is 0 Å². The fraction of sp³-hybridized carbons (Fsp3) is 0.963. The van der Waals surface area contributed by atoms with Gasteiger partial charge < -0.3 is 0 Å². The molecule has 0 spiro atoms. The van der Waals surface area contributed by atoms with Crippen molar-refractivity contribution in [1.29, 1.82) is 0 Å². The summed E-state index contributed by atoms with van der Waals surface area (Å²) in [6.45, 7) is 8.63. The lowest BCUT2D eigenvalue weighted by Crippen LogP contribution is -2.01. The highest BCUT2D eigenvalue weighted by molar-refractivity contribution is 4.62. The van der Waals surface area contributed by atoms with Gasteiger partial charge in [-0.2, -0.15) is 0 Å². The van der Waals surface area contributed by atoms with Crippen LogP contribution in [0.4, 0.5) is 0 Å². The molecule has 0 N–H and O–H groups in total. The van der Waals surface area contributed by atoms with Crippen LogP contribution in [-0.2, 0) is 0 Å². The van der Waals surface area contributed by atoms with E-state index in [-0.39, 0.29) is 0 Å². The van der Waals surface area contributed by atoms with Gasteiger partial charge in [0.1, 0.15) is 0 Å². The second kappa shape index (κ2) is 24.0. The summed E-state index contributed by atoms with van der Waals surface area (Å²) in [5.41, 5.74) is 0. The predicted molar refractivity (Wildman–Crippen MR) is 126 cm³/mol. The third-order valence-corrected chi connectivity index (χ3v) is 6.29. The van der Waals surface area contributed by atoms with Crippen LogP contribution in [0.15, 0.2) is 0 Å². The number of hydrogen-bond donors (Lipinski definition) is 0. The van der Waals surface area contributed by atoms with Crippen molar-refractivity contribution in [2.75, 3.05) is 0 Å². The lowest BCUT2D eigenvalue weighted by molar-refractivity contribution is 0.371. The first-order valence-corrected chi connectivity index (χ1v) is 13.1. The van der Waals surface area contributed by atoms with Crippen molar-refractivity contribution in [3.63, 3.8) is 0 Å². The molecule has 1 atom stereocenters. The molecule has 0 bridgehead atoms. The second-order valence-corrected chi connectivity index (χ2v) is 9.10. The molecular weight excluding hydrogens is 324 g/mol. The summed E-state index contributed by atoms with van der Waals surface area (Å²) in [4.78, 5) is 0. The Kier molecular flexibility index (Phi) is 24.0. The molecule has 0 nitrogen and oxygen atoms in total. The van der Waals surface area contributed by atoms with Crippen molar-refractivity contribution < 1.29 is 0 Å². The molecule has 0 aliphatic heterocycles. The van der Waals surface area contributed by atoms with Crippen LogP contribution in [0.25, 0.3) is 0 Å². The molecule has 0 saturated heterocycles. The molecule has 0 rings (SSSR count). The zero-order valence-electron chi connectivity index (χ0n) is 19.5. The Morgan fingerprint density at radius 2 is 0.704 bits per heavy atom. The minimum Gasteiger partial charge on any atom is -0.0654 e. The Hall–Kier alpha value is 0. The molecule has 1 unspecified atom stereocenters. The highest BCUT2D eigenvalue weighted by atomic mass is 14.1. The van der Waals surface area contributed by atoms with Crippen molar-refractivity contribution in [3.05, 3.63) is 6.92 Å². The summed E-state index contributed by atoms with van der Waals surface area (Å²) in [6, 6.07) is 0. The van der Waals surface area contributed by atoms with Crippen LogP contribution in [0.2, 0.25) is 0 Å². The molecule has 0 fully saturated rings. The summed E-state index contributed by atoms with van der Waals surface area (Å²) >= 11 is 0. The summed E-state index contributed by atoms with van der Waals surface area (Å²) in [6.07, 6.45) is 33.2. The maximum absolute atomic E-state index is 4.00. The van der Waals surface area contributed by atoms with E-state index in [1.165, 1.54) is 141 Å². The molecule has 27 heavy (non-hydrogen) atoms. The fourth-order valence-electron chi connectivity index (χ4n) is 4.35. The first kappa shape index (κ1) is 27.0. The Morgan fingerprint density at radius 3 is 1.11 bits per heavy atom. The zero-order valence-corrected chi connectivity index (χ0v) is 19.5. The van der Waals surface area contributed by atoms with Crippen molar-refractivity contribution >= 4 is 0 Å². The molecule has 0 saturated carbocycles. The van der Waals surface area contributed by atoms with E-state index < -0.39 is 0 Å². The van der Waals surface area contributed by atoms with E-state index in [9.17, 15) is 0 Å². The van der Waals surface area contributed by atoms with Gasteiger partial charge in [-0.1, -0.05) is 168 Å². The van der Waals surface area contributed by atoms with Gasteiger partial charge in [0.2, 0.25) is 0 Å². The Morgan fingerprint density at radius 1 is 0.407 bits per heavy atom. The first-order chi connectivity index (χ1) is 13.3.